The molecule has 1 amide bonds. The maximum atomic E-state index is 12.5. The zero-order valence-electron chi connectivity index (χ0n) is 14.7. The molecule has 0 radical (unpaired) electrons. The number of hydrogen-bond donors (Lipinski definition) is 2. The van der Waals surface area contributed by atoms with Crippen LogP contribution in [0.2, 0.25) is 5.02 Å². The van der Waals surface area contributed by atoms with Crippen LogP contribution in [0.25, 0.3) is 0 Å². The Morgan fingerprint density at radius 1 is 1.33 bits per heavy atom. The van der Waals surface area contributed by atoms with E-state index in [9.17, 15) is 14.7 Å². The molecule has 2 N–H and O–H groups in total. The number of benzene rings is 1. The standard InChI is InChI=1S/C18H19ClN4O4/c1-27-14-5-4-11(8-12(14)17(25)26)9-20-16(24)15-13(19)10-21-18(22-15)23-6-2-3-7-23/h4-5,8,10H,2-3,6-7,9H2,1H3,(H,20,24)(H,25,26). The molecule has 1 aromatic heterocycles. The average Bonchev–Trinajstić information content (AvgIpc) is 3.21. The lowest BCUT2D eigenvalue weighted by Crippen LogP contribution is -2.27. The molecule has 0 bridgehead atoms. The number of amides is 1. The van der Waals surface area contributed by atoms with Crippen molar-refractivity contribution >= 4 is 29.4 Å². The van der Waals surface area contributed by atoms with E-state index in [2.05, 4.69) is 15.3 Å². The summed E-state index contributed by atoms with van der Waals surface area (Å²) in [5.41, 5.74) is 0.743. The van der Waals surface area contributed by atoms with Crippen LogP contribution in [0.4, 0.5) is 5.95 Å². The van der Waals surface area contributed by atoms with Gasteiger partial charge in [0.25, 0.3) is 5.91 Å². The van der Waals surface area contributed by atoms with Crippen LogP contribution in [-0.2, 0) is 6.54 Å². The molecule has 3 rings (SSSR count). The Morgan fingerprint density at radius 3 is 2.74 bits per heavy atom. The zero-order chi connectivity index (χ0) is 19.4. The van der Waals surface area contributed by atoms with Crippen LogP contribution in [-0.4, -0.2) is 47.2 Å². The molecule has 1 saturated heterocycles. The van der Waals surface area contributed by atoms with Crippen molar-refractivity contribution in [1.82, 2.24) is 15.3 Å². The fourth-order valence-corrected chi connectivity index (χ4v) is 3.06. The quantitative estimate of drug-likeness (QED) is 0.780. The Kier molecular flexibility index (Phi) is 5.75. The van der Waals surface area contributed by atoms with Gasteiger partial charge in [0.15, 0.2) is 5.69 Å². The molecule has 0 aliphatic carbocycles. The molecule has 2 heterocycles. The lowest BCUT2D eigenvalue weighted by molar-refractivity contribution is 0.0693. The van der Waals surface area contributed by atoms with Gasteiger partial charge in [-0.05, 0) is 30.5 Å². The van der Waals surface area contributed by atoms with Crippen molar-refractivity contribution in [3.05, 3.63) is 46.2 Å². The highest BCUT2D eigenvalue weighted by molar-refractivity contribution is 6.33. The van der Waals surface area contributed by atoms with E-state index >= 15 is 0 Å². The Morgan fingerprint density at radius 2 is 2.07 bits per heavy atom. The van der Waals surface area contributed by atoms with E-state index in [1.807, 2.05) is 4.90 Å². The summed E-state index contributed by atoms with van der Waals surface area (Å²) in [4.78, 5) is 34.3. The van der Waals surface area contributed by atoms with Gasteiger partial charge in [-0.2, -0.15) is 0 Å². The van der Waals surface area contributed by atoms with E-state index in [1.165, 1.54) is 19.4 Å². The molecule has 1 aliphatic rings. The van der Waals surface area contributed by atoms with Crippen LogP contribution in [0.5, 0.6) is 5.75 Å². The topological polar surface area (TPSA) is 105 Å². The normalized spacial score (nSPS) is 13.5. The van der Waals surface area contributed by atoms with E-state index in [-0.39, 0.29) is 28.6 Å². The van der Waals surface area contributed by atoms with Crippen molar-refractivity contribution in [2.24, 2.45) is 0 Å². The van der Waals surface area contributed by atoms with E-state index in [4.69, 9.17) is 16.3 Å². The maximum absolute atomic E-state index is 12.5. The zero-order valence-corrected chi connectivity index (χ0v) is 15.5. The summed E-state index contributed by atoms with van der Waals surface area (Å²) in [5, 5.41) is 12.1. The fourth-order valence-electron chi connectivity index (χ4n) is 2.88. The number of anilines is 1. The Hall–Kier alpha value is -2.87. The summed E-state index contributed by atoms with van der Waals surface area (Å²) in [6, 6.07) is 4.69. The minimum absolute atomic E-state index is 0.0284. The molecule has 0 spiro atoms. The summed E-state index contributed by atoms with van der Waals surface area (Å²) >= 11 is 6.09. The number of carbonyl (C=O) groups is 2. The van der Waals surface area contributed by atoms with Crippen molar-refractivity contribution in [3.8, 4) is 5.75 Å². The number of rotatable bonds is 6. The number of aromatic carboxylic acids is 1. The lowest BCUT2D eigenvalue weighted by Gasteiger charge is -2.16. The van der Waals surface area contributed by atoms with Crippen LogP contribution in [0, 0.1) is 0 Å². The second-order valence-electron chi connectivity index (χ2n) is 6.08. The summed E-state index contributed by atoms with van der Waals surface area (Å²) < 4.78 is 5.03. The molecule has 2 aromatic rings. The predicted octanol–water partition coefficient (Wildman–Crippen LogP) is 2.37. The SMILES string of the molecule is COc1ccc(CNC(=O)c2nc(N3CCCC3)ncc2Cl)cc1C(=O)O. The monoisotopic (exact) mass is 390 g/mol. The van der Waals surface area contributed by atoms with Gasteiger partial charge in [0.1, 0.15) is 11.3 Å². The lowest BCUT2D eigenvalue weighted by atomic mass is 10.1. The van der Waals surface area contributed by atoms with Crippen molar-refractivity contribution in [3.63, 3.8) is 0 Å². The molecule has 0 atom stereocenters. The minimum atomic E-state index is -1.10. The molecule has 0 unspecified atom stereocenters. The number of hydrogen-bond acceptors (Lipinski definition) is 6. The van der Waals surface area contributed by atoms with Gasteiger partial charge in [-0.1, -0.05) is 17.7 Å². The van der Waals surface area contributed by atoms with Crippen molar-refractivity contribution in [1.29, 1.82) is 0 Å². The van der Waals surface area contributed by atoms with Crippen LogP contribution >= 0.6 is 11.6 Å². The molecular formula is C18H19ClN4O4. The number of nitrogens with one attached hydrogen (secondary N) is 1. The number of aromatic nitrogens is 2. The number of carboxylic acid groups (broad SMARTS) is 1. The summed E-state index contributed by atoms with van der Waals surface area (Å²) in [7, 11) is 1.40. The van der Waals surface area contributed by atoms with Crippen LogP contribution in [0.1, 0.15) is 39.3 Å². The van der Waals surface area contributed by atoms with E-state index in [0.717, 1.165) is 25.9 Å². The van der Waals surface area contributed by atoms with Gasteiger partial charge < -0.3 is 20.1 Å². The number of carboxylic acids is 1. The van der Waals surface area contributed by atoms with Gasteiger partial charge in [-0.15, -0.1) is 0 Å². The maximum Gasteiger partial charge on any atom is 0.339 e. The van der Waals surface area contributed by atoms with Crippen LogP contribution in [0.15, 0.2) is 24.4 Å². The summed E-state index contributed by atoms with van der Waals surface area (Å²) in [6.07, 6.45) is 3.56. The summed E-state index contributed by atoms with van der Waals surface area (Å²) in [5.74, 6) is -0.809. The van der Waals surface area contributed by atoms with Crippen molar-refractivity contribution in [2.45, 2.75) is 19.4 Å². The van der Waals surface area contributed by atoms with Crippen LogP contribution < -0.4 is 15.0 Å². The first-order valence-corrected chi connectivity index (χ1v) is 8.83. The second kappa shape index (κ2) is 8.22. The van der Waals surface area contributed by atoms with Gasteiger partial charge in [0, 0.05) is 19.6 Å². The number of nitrogens with zero attached hydrogens (tertiary/aromatic N) is 3. The Bertz CT molecular complexity index is 868. The molecular weight excluding hydrogens is 372 g/mol. The third-order valence-corrected chi connectivity index (χ3v) is 4.56. The molecule has 9 heteroatoms. The molecule has 8 nitrogen and oxygen atoms in total. The largest absolute Gasteiger partial charge is 0.496 e. The van der Waals surface area contributed by atoms with Gasteiger partial charge in [0.05, 0.1) is 18.3 Å². The molecule has 142 valence electrons. The molecule has 1 aromatic carbocycles. The summed E-state index contributed by atoms with van der Waals surface area (Å²) in [6.45, 7) is 1.83. The first-order chi connectivity index (χ1) is 13.0. The number of methoxy groups -OCH3 is 1. The number of ether oxygens (including phenoxy) is 1. The van der Waals surface area contributed by atoms with E-state index in [1.54, 1.807) is 12.1 Å². The molecule has 27 heavy (non-hydrogen) atoms. The highest BCUT2D eigenvalue weighted by Crippen LogP contribution is 2.21. The smallest absolute Gasteiger partial charge is 0.339 e. The Labute approximate surface area is 161 Å². The van der Waals surface area contributed by atoms with Gasteiger partial charge >= 0.3 is 5.97 Å². The van der Waals surface area contributed by atoms with Crippen molar-refractivity contribution in [2.75, 3.05) is 25.1 Å². The minimum Gasteiger partial charge on any atom is -0.496 e. The highest BCUT2D eigenvalue weighted by Gasteiger charge is 2.20. The third-order valence-electron chi connectivity index (χ3n) is 4.28. The van der Waals surface area contributed by atoms with Crippen LogP contribution in [0.3, 0.4) is 0 Å². The van der Waals surface area contributed by atoms with E-state index < -0.39 is 11.9 Å². The fraction of sp³-hybridized carbons (Fsp3) is 0.333. The molecule has 1 aliphatic heterocycles. The van der Waals surface area contributed by atoms with Gasteiger partial charge in [-0.3, -0.25) is 4.79 Å². The Balaban J connectivity index is 1.73. The molecule has 0 saturated carbocycles. The predicted molar refractivity (Wildman–Crippen MR) is 99.6 cm³/mol. The first-order valence-electron chi connectivity index (χ1n) is 8.45. The highest BCUT2D eigenvalue weighted by atomic mass is 35.5. The van der Waals surface area contributed by atoms with E-state index in [0.29, 0.717) is 11.5 Å². The average molecular weight is 391 g/mol. The second-order valence-corrected chi connectivity index (χ2v) is 6.49. The third kappa shape index (κ3) is 4.28. The number of carbonyl (C=O) groups excluding carboxylic acids is 1. The van der Waals surface area contributed by atoms with Crippen molar-refractivity contribution < 1.29 is 19.4 Å². The number of halogens is 1. The van der Waals surface area contributed by atoms with Gasteiger partial charge in [0.2, 0.25) is 5.95 Å². The van der Waals surface area contributed by atoms with Gasteiger partial charge in [-0.25, -0.2) is 14.8 Å². The first kappa shape index (κ1) is 18.9. The molecule has 1 fully saturated rings.